The van der Waals surface area contributed by atoms with Gasteiger partial charge in [0, 0.05) is 10.7 Å². The number of anilines is 1. The lowest BCUT2D eigenvalue weighted by molar-refractivity contribution is -0.117. The summed E-state index contributed by atoms with van der Waals surface area (Å²) in [6, 6.07) is 4.77. The zero-order chi connectivity index (χ0) is 12.1. The second-order valence-corrected chi connectivity index (χ2v) is 3.94. The first-order valence-electron chi connectivity index (χ1n) is 4.98. The lowest BCUT2D eigenvalue weighted by Crippen LogP contribution is -2.35. The third kappa shape index (κ3) is 3.08. The molecular weight excluding hydrogens is 224 g/mol. The van der Waals surface area contributed by atoms with Crippen LogP contribution in [-0.4, -0.2) is 11.9 Å². The molecule has 4 heteroatoms. The quantitative estimate of drug-likeness (QED) is 0.792. The highest BCUT2D eigenvalue weighted by Gasteiger charge is 2.13. The standard InChI is InChI=1S/C12H15ClN2O/c1-3-5-10(14)12(16)15-11-7-4-6-9(13)8(11)2/h3-4,6-7,10H,1,5,14H2,2H3,(H,15,16). The molecule has 0 aliphatic rings. The highest BCUT2D eigenvalue weighted by molar-refractivity contribution is 6.31. The van der Waals surface area contributed by atoms with E-state index in [-0.39, 0.29) is 5.91 Å². The minimum absolute atomic E-state index is 0.231. The second kappa shape index (κ2) is 5.68. The number of hydrogen-bond donors (Lipinski definition) is 2. The van der Waals surface area contributed by atoms with Crippen molar-refractivity contribution < 1.29 is 4.79 Å². The number of carbonyl (C=O) groups excluding carboxylic acids is 1. The molecule has 1 aromatic rings. The summed E-state index contributed by atoms with van der Waals surface area (Å²) in [5.74, 6) is -0.231. The fraction of sp³-hybridized carbons (Fsp3) is 0.250. The van der Waals surface area contributed by atoms with E-state index in [1.165, 1.54) is 0 Å². The highest BCUT2D eigenvalue weighted by atomic mass is 35.5. The Labute approximate surface area is 100 Å². The summed E-state index contributed by atoms with van der Waals surface area (Å²) >= 11 is 5.94. The van der Waals surface area contributed by atoms with Gasteiger partial charge in [-0.1, -0.05) is 23.7 Å². The normalized spacial score (nSPS) is 11.9. The first-order valence-corrected chi connectivity index (χ1v) is 5.36. The second-order valence-electron chi connectivity index (χ2n) is 3.53. The van der Waals surface area contributed by atoms with Crippen molar-refractivity contribution >= 4 is 23.2 Å². The Balaban J connectivity index is 2.77. The summed E-state index contributed by atoms with van der Waals surface area (Å²) in [6.45, 7) is 5.38. The van der Waals surface area contributed by atoms with Gasteiger partial charge in [-0.2, -0.15) is 0 Å². The smallest absolute Gasteiger partial charge is 0.241 e. The van der Waals surface area contributed by atoms with Crippen LogP contribution in [0.15, 0.2) is 30.9 Å². The molecule has 1 amide bonds. The Kier molecular flexibility index (Phi) is 4.52. The van der Waals surface area contributed by atoms with Gasteiger partial charge in [0.05, 0.1) is 6.04 Å². The van der Waals surface area contributed by atoms with Crippen LogP contribution in [0.3, 0.4) is 0 Å². The van der Waals surface area contributed by atoms with Crippen LogP contribution in [0.2, 0.25) is 5.02 Å². The minimum atomic E-state index is -0.573. The molecule has 3 N–H and O–H groups in total. The molecule has 1 atom stereocenters. The molecule has 0 saturated heterocycles. The number of nitrogens with two attached hydrogens (primary N) is 1. The molecular formula is C12H15ClN2O. The maximum atomic E-state index is 11.6. The van der Waals surface area contributed by atoms with Crippen LogP contribution in [0.25, 0.3) is 0 Å². The van der Waals surface area contributed by atoms with Crippen molar-refractivity contribution in [2.75, 3.05) is 5.32 Å². The van der Waals surface area contributed by atoms with Crippen LogP contribution < -0.4 is 11.1 Å². The van der Waals surface area contributed by atoms with Crippen LogP contribution in [0.5, 0.6) is 0 Å². The monoisotopic (exact) mass is 238 g/mol. The Morgan fingerprint density at radius 3 is 3.00 bits per heavy atom. The molecule has 3 nitrogen and oxygen atoms in total. The van der Waals surface area contributed by atoms with Gasteiger partial charge in [-0.25, -0.2) is 0 Å². The molecule has 0 radical (unpaired) electrons. The summed E-state index contributed by atoms with van der Waals surface area (Å²) in [5.41, 5.74) is 7.18. The van der Waals surface area contributed by atoms with Gasteiger partial charge in [-0.15, -0.1) is 6.58 Å². The van der Waals surface area contributed by atoms with Gasteiger partial charge in [-0.3, -0.25) is 4.79 Å². The van der Waals surface area contributed by atoms with E-state index in [0.29, 0.717) is 17.1 Å². The average Bonchev–Trinajstić information content (AvgIpc) is 2.25. The first-order chi connectivity index (χ1) is 7.56. The van der Waals surface area contributed by atoms with Crippen molar-refractivity contribution in [2.45, 2.75) is 19.4 Å². The summed E-state index contributed by atoms with van der Waals surface area (Å²) in [4.78, 5) is 11.6. The summed E-state index contributed by atoms with van der Waals surface area (Å²) in [6.07, 6.45) is 2.07. The van der Waals surface area contributed by atoms with E-state index in [2.05, 4.69) is 11.9 Å². The van der Waals surface area contributed by atoms with Crippen molar-refractivity contribution in [3.63, 3.8) is 0 Å². The molecule has 0 heterocycles. The van der Waals surface area contributed by atoms with Crippen LogP contribution in [0, 0.1) is 6.92 Å². The summed E-state index contributed by atoms with van der Waals surface area (Å²) < 4.78 is 0. The van der Waals surface area contributed by atoms with Gasteiger partial charge < -0.3 is 11.1 Å². The zero-order valence-electron chi connectivity index (χ0n) is 9.16. The molecule has 0 aliphatic carbocycles. The van der Waals surface area contributed by atoms with Crippen LogP contribution in [-0.2, 0) is 4.79 Å². The average molecular weight is 239 g/mol. The Morgan fingerprint density at radius 1 is 1.69 bits per heavy atom. The molecule has 86 valence electrons. The molecule has 0 bridgehead atoms. The lowest BCUT2D eigenvalue weighted by Gasteiger charge is -2.12. The molecule has 1 unspecified atom stereocenters. The molecule has 16 heavy (non-hydrogen) atoms. The molecule has 0 spiro atoms. The first kappa shape index (κ1) is 12.7. The van der Waals surface area contributed by atoms with E-state index in [0.717, 1.165) is 5.56 Å². The number of carbonyl (C=O) groups is 1. The maximum Gasteiger partial charge on any atom is 0.241 e. The molecule has 0 fully saturated rings. The number of halogens is 1. The Bertz CT molecular complexity index is 404. The molecule has 0 saturated carbocycles. The number of benzene rings is 1. The maximum absolute atomic E-state index is 11.6. The molecule has 1 rings (SSSR count). The van der Waals surface area contributed by atoms with Gasteiger partial charge in [0.2, 0.25) is 5.91 Å². The van der Waals surface area contributed by atoms with Gasteiger partial charge >= 0.3 is 0 Å². The number of hydrogen-bond acceptors (Lipinski definition) is 2. The molecule has 0 aliphatic heterocycles. The van der Waals surface area contributed by atoms with Crippen molar-refractivity contribution in [1.82, 2.24) is 0 Å². The van der Waals surface area contributed by atoms with Crippen LogP contribution >= 0.6 is 11.6 Å². The van der Waals surface area contributed by atoms with Crippen LogP contribution in [0.1, 0.15) is 12.0 Å². The van der Waals surface area contributed by atoms with E-state index in [1.54, 1.807) is 24.3 Å². The Morgan fingerprint density at radius 2 is 2.38 bits per heavy atom. The lowest BCUT2D eigenvalue weighted by atomic mass is 10.1. The van der Waals surface area contributed by atoms with Gasteiger partial charge in [0.1, 0.15) is 0 Å². The van der Waals surface area contributed by atoms with Crippen molar-refractivity contribution in [2.24, 2.45) is 5.73 Å². The summed E-state index contributed by atoms with van der Waals surface area (Å²) in [7, 11) is 0. The topological polar surface area (TPSA) is 55.1 Å². The van der Waals surface area contributed by atoms with Crippen molar-refractivity contribution in [1.29, 1.82) is 0 Å². The molecule has 0 aromatic heterocycles. The van der Waals surface area contributed by atoms with Crippen LogP contribution in [0.4, 0.5) is 5.69 Å². The predicted octanol–water partition coefficient (Wildman–Crippen LogP) is 2.49. The predicted molar refractivity (Wildman–Crippen MR) is 67.6 cm³/mol. The molecule has 1 aromatic carbocycles. The zero-order valence-corrected chi connectivity index (χ0v) is 9.92. The number of amides is 1. The largest absolute Gasteiger partial charge is 0.324 e. The minimum Gasteiger partial charge on any atom is -0.324 e. The van der Waals surface area contributed by atoms with E-state index < -0.39 is 6.04 Å². The third-order valence-corrected chi connectivity index (χ3v) is 2.69. The number of rotatable bonds is 4. The van der Waals surface area contributed by atoms with Gasteiger partial charge in [-0.05, 0) is 31.0 Å². The Hall–Kier alpha value is -1.32. The number of nitrogens with one attached hydrogen (secondary N) is 1. The van der Waals surface area contributed by atoms with Gasteiger partial charge in [0.25, 0.3) is 0 Å². The van der Waals surface area contributed by atoms with E-state index in [4.69, 9.17) is 17.3 Å². The fourth-order valence-electron chi connectivity index (χ4n) is 1.25. The van der Waals surface area contributed by atoms with Gasteiger partial charge in [0.15, 0.2) is 0 Å². The highest BCUT2D eigenvalue weighted by Crippen LogP contribution is 2.22. The van der Waals surface area contributed by atoms with E-state index in [1.807, 2.05) is 6.92 Å². The summed E-state index contributed by atoms with van der Waals surface area (Å²) in [5, 5.41) is 3.36. The van der Waals surface area contributed by atoms with E-state index in [9.17, 15) is 4.79 Å². The van der Waals surface area contributed by atoms with Crippen molar-refractivity contribution in [3.05, 3.63) is 41.4 Å². The van der Waals surface area contributed by atoms with Crippen molar-refractivity contribution in [3.8, 4) is 0 Å². The SMILES string of the molecule is C=CCC(N)C(=O)Nc1cccc(Cl)c1C. The third-order valence-electron chi connectivity index (χ3n) is 2.28. The van der Waals surface area contributed by atoms with E-state index >= 15 is 0 Å². The fourth-order valence-corrected chi connectivity index (χ4v) is 1.43.